The van der Waals surface area contributed by atoms with Crippen LogP contribution in [0.4, 0.5) is 0 Å². The molecule has 0 saturated carbocycles. The fourth-order valence-corrected chi connectivity index (χ4v) is 20.8. The molecule has 0 aliphatic heterocycles. The van der Waals surface area contributed by atoms with E-state index in [-0.39, 0.29) is 5.97 Å². The predicted octanol–water partition coefficient (Wildman–Crippen LogP) is 5.40. The summed E-state index contributed by atoms with van der Waals surface area (Å²) in [4.78, 5) is 11.8. The van der Waals surface area contributed by atoms with Crippen LogP contribution < -0.4 is 0 Å². The lowest BCUT2D eigenvalue weighted by Crippen LogP contribution is -2.49. The molecule has 0 aromatic heterocycles. The van der Waals surface area contributed by atoms with E-state index in [1.807, 2.05) is 13.8 Å². The topological polar surface area (TPSA) is 35.5 Å². The summed E-state index contributed by atoms with van der Waals surface area (Å²) in [6, 6.07) is 1.08. The van der Waals surface area contributed by atoms with Gasteiger partial charge in [-0.3, -0.25) is 4.79 Å². The SMILES string of the molecule is CC(C)(Br)C(=O)OCCC[Si](C)(C[Si](C)(C)C)O[Si](C)(C)C. The van der Waals surface area contributed by atoms with Gasteiger partial charge in [0.2, 0.25) is 0 Å². The lowest BCUT2D eigenvalue weighted by atomic mass is 10.2. The zero-order valence-corrected chi connectivity index (χ0v) is 20.5. The van der Waals surface area contributed by atoms with Crippen molar-refractivity contribution in [1.82, 2.24) is 0 Å². The number of halogens is 1. The summed E-state index contributed by atoms with van der Waals surface area (Å²) >= 11 is 3.34. The van der Waals surface area contributed by atoms with Crippen LogP contribution in [-0.2, 0) is 13.6 Å². The Labute approximate surface area is 148 Å². The smallest absolute Gasteiger partial charge is 0.322 e. The molecular weight excluding hydrogens is 392 g/mol. The third-order valence-corrected chi connectivity index (χ3v) is 16.4. The lowest BCUT2D eigenvalue weighted by Gasteiger charge is -2.38. The second kappa shape index (κ2) is 8.09. The molecule has 1 atom stereocenters. The molecule has 0 aromatic rings. The fourth-order valence-electron chi connectivity index (χ4n) is 2.82. The number of esters is 1. The summed E-state index contributed by atoms with van der Waals surface area (Å²) in [6.07, 6.45) is 0.909. The van der Waals surface area contributed by atoms with Gasteiger partial charge in [-0.15, -0.1) is 0 Å². The van der Waals surface area contributed by atoms with Crippen molar-refractivity contribution in [2.75, 3.05) is 6.61 Å². The summed E-state index contributed by atoms with van der Waals surface area (Å²) < 4.78 is 11.4. The Balaban J connectivity index is 4.58. The maximum atomic E-state index is 11.8. The van der Waals surface area contributed by atoms with Gasteiger partial charge < -0.3 is 8.85 Å². The Hall–Kier alpha value is 0.561. The fraction of sp³-hybridized carbons (Fsp3) is 0.933. The average Bonchev–Trinajstić information content (AvgIpc) is 2.16. The van der Waals surface area contributed by atoms with Gasteiger partial charge in [-0.25, -0.2) is 0 Å². The number of alkyl halides is 1. The van der Waals surface area contributed by atoms with Crippen LogP contribution in [0, 0.1) is 0 Å². The van der Waals surface area contributed by atoms with Gasteiger partial charge in [-0.05, 0) is 58.2 Å². The van der Waals surface area contributed by atoms with E-state index in [1.54, 1.807) is 0 Å². The number of hydrogen-bond donors (Lipinski definition) is 0. The highest BCUT2D eigenvalue weighted by Gasteiger charge is 2.38. The summed E-state index contributed by atoms with van der Waals surface area (Å²) in [5.41, 5.74) is 1.28. The molecule has 0 rings (SSSR count). The minimum Gasteiger partial charge on any atom is -0.465 e. The lowest BCUT2D eigenvalue weighted by molar-refractivity contribution is -0.145. The van der Waals surface area contributed by atoms with Crippen molar-refractivity contribution in [1.29, 1.82) is 0 Å². The average molecular weight is 428 g/mol. The second-order valence-electron chi connectivity index (χ2n) is 9.11. The molecule has 0 heterocycles. The van der Waals surface area contributed by atoms with E-state index in [2.05, 4.69) is 61.8 Å². The number of rotatable bonds is 9. The third-order valence-electron chi connectivity index (χ3n) is 3.03. The molecule has 132 valence electrons. The van der Waals surface area contributed by atoms with E-state index in [4.69, 9.17) is 8.85 Å². The van der Waals surface area contributed by atoms with Crippen molar-refractivity contribution in [3.63, 3.8) is 0 Å². The van der Waals surface area contributed by atoms with Crippen molar-refractivity contribution >= 4 is 46.6 Å². The number of hydrogen-bond acceptors (Lipinski definition) is 3. The summed E-state index contributed by atoms with van der Waals surface area (Å²) in [5.74, 6) is -0.188. The van der Waals surface area contributed by atoms with Gasteiger partial charge in [0.15, 0.2) is 16.6 Å². The minimum atomic E-state index is -1.72. The van der Waals surface area contributed by atoms with Crippen LogP contribution in [0.3, 0.4) is 0 Å². The quantitative estimate of drug-likeness (QED) is 0.214. The van der Waals surface area contributed by atoms with E-state index in [9.17, 15) is 4.79 Å². The highest BCUT2D eigenvalue weighted by molar-refractivity contribution is 9.10. The molecule has 0 N–H and O–H groups in total. The van der Waals surface area contributed by atoms with E-state index in [0.717, 1.165) is 12.5 Å². The van der Waals surface area contributed by atoms with Gasteiger partial charge in [0.1, 0.15) is 4.32 Å². The maximum absolute atomic E-state index is 11.8. The summed E-state index contributed by atoms with van der Waals surface area (Å²) in [7, 11) is -4.41. The molecule has 0 fully saturated rings. The van der Waals surface area contributed by atoms with E-state index >= 15 is 0 Å². The zero-order valence-electron chi connectivity index (χ0n) is 15.9. The molecule has 7 heteroatoms. The molecule has 0 saturated heterocycles. The van der Waals surface area contributed by atoms with Crippen molar-refractivity contribution in [2.45, 2.75) is 82.1 Å². The molecule has 3 nitrogen and oxygen atoms in total. The number of carbonyl (C=O) groups is 1. The predicted molar refractivity (Wildman–Crippen MR) is 108 cm³/mol. The van der Waals surface area contributed by atoms with E-state index in [0.29, 0.717) is 6.61 Å². The van der Waals surface area contributed by atoms with Crippen LogP contribution in [0.1, 0.15) is 20.3 Å². The van der Waals surface area contributed by atoms with Gasteiger partial charge in [-0.2, -0.15) is 0 Å². The zero-order chi connectivity index (χ0) is 17.8. The van der Waals surface area contributed by atoms with Crippen LogP contribution in [0.5, 0.6) is 0 Å². The Morgan fingerprint density at radius 2 is 1.55 bits per heavy atom. The molecule has 0 spiro atoms. The molecule has 0 aliphatic carbocycles. The number of ether oxygens (including phenoxy) is 1. The largest absolute Gasteiger partial charge is 0.465 e. The van der Waals surface area contributed by atoms with Gasteiger partial charge in [0, 0.05) is 8.07 Å². The molecule has 1 unspecified atom stereocenters. The number of carbonyl (C=O) groups excluding carboxylic acids is 1. The van der Waals surface area contributed by atoms with Crippen LogP contribution in [-0.4, -0.2) is 41.6 Å². The summed E-state index contributed by atoms with van der Waals surface area (Å²) in [6.45, 7) is 20.6. The van der Waals surface area contributed by atoms with Crippen LogP contribution in [0.25, 0.3) is 0 Å². The van der Waals surface area contributed by atoms with Crippen molar-refractivity contribution in [2.24, 2.45) is 0 Å². The third kappa shape index (κ3) is 11.2. The van der Waals surface area contributed by atoms with Gasteiger partial charge in [-0.1, -0.05) is 35.6 Å². The van der Waals surface area contributed by atoms with Gasteiger partial charge in [0.05, 0.1) is 6.61 Å². The van der Waals surface area contributed by atoms with E-state index in [1.165, 1.54) is 5.67 Å². The normalized spacial score (nSPS) is 16.3. The Morgan fingerprint density at radius 3 is 1.91 bits per heavy atom. The molecule has 0 aromatic carbocycles. The monoisotopic (exact) mass is 426 g/mol. The maximum Gasteiger partial charge on any atom is 0.322 e. The van der Waals surface area contributed by atoms with Crippen molar-refractivity contribution in [3.05, 3.63) is 0 Å². The molecule has 0 bridgehead atoms. The first-order chi connectivity index (χ1) is 9.54. The highest BCUT2D eigenvalue weighted by Crippen LogP contribution is 2.29. The molecule has 22 heavy (non-hydrogen) atoms. The standard InChI is InChI=1S/C15H35BrO3Si3/c1-15(2,16)14(17)18-11-10-12-22(9,13-20(3,4)5)19-21(6,7)8/h10-13H2,1-9H3. The van der Waals surface area contributed by atoms with Crippen LogP contribution in [0.15, 0.2) is 0 Å². The van der Waals surface area contributed by atoms with Gasteiger partial charge in [0.25, 0.3) is 0 Å². The highest BCUT2D eigenvalue weighted by atomic mass is 79.9. The first-order valence-electron chi connectivity index (χ1n) is 8.10. The molecular formula is C15H35BrO3Si3. The minimum absolute atomic E-state index is 0.188. The Kier molecular flexibility index (Phi) is 8.30. The van der Waals surface area contributed by atoms with Crippen molar-refractivity contribution in [3.8, 4) is 0 Å². The summed E-state index contributed by atoms with van der Waals surface area (Å²) in [5, 5.41) is 0. The van der Waals surface area contributed by atoms with Gasteiger partial charge >= 0.3 is 5.97 Å². The Bertz CT molecular complexity index is 352. The van der Waals surface area contributed by atoms with Crippen LogP contribution >= 0.6 is 15.9 Å². The van der Waals surface area contributed by atoms with E-state index < -0.39 is 29.0 Å². The molecule has 0 radical (unpaired) electrons. The molecule has 0 amide bonds. The van der Waals surface area contributed by atoms with Crippen LogP contribution in [0.2, 0.25) is 57.5 Å². The first kappa shape index (κ1) is 22.6. The first-order valence-corrected chi connectivity index (χ1v) is 18.8. The molecule has 0 aliphatic rings. The Morgan fingerprint density at radius 1 is 1.05 bits per heavy atom. The second-order valence-corrected chi connectivity index (χ2v) is 26.1. The van der Waals surface area contributed by atoms with Crippen molar-refractivity contribution < 1.29 is 13.6 Å².